The molecule has 0 aliphatic rings. The first-order chi connectivity index (χ1) is 12.0. The van der Waals surface area contributed by atoms with Crippen LogP contribution < -0.4 is 5.56 Å². The Kier molecular flexibility index (Phi) is 5.24. The molecule has 0 unspecified atom stereocenters. The molecule has 0 fully saturated rings. The predicted molar refractivity (Wildman–Crippen MR) is 103 cm³/mol. The molecule has 1 aromatic carbocycles. The Morgan fingerprint density at radius 1 is 1.32 bits per heavy atom. The zero-order valence-corrected chi connectivity index (χ0v) is 15.6. The zero-order chi connectivity index (χ0) is 18.0. The summed E-state index contributed by atoms with van der Waals surface area (Å²) in [4.78, 5) is 29.3. The lowest BCUT2D eigenvalue weighted by Gasteiger charge is -2.09. The number of aromatic nitrogens is 2. The lowest BCUT2D eigenvalue weighted by atomic mass is 10.1. The molecular formula is C18H18N2O3S2. The molecule has 0 aliphatic carbocycles. The van der Waals surface area contributed by atoms with E-state index in [4.69, 9.17) is 5.11 Å². The van der Waals surface area contributed by atoms with Crippen LogP contribution >= 0.6 is 23.1 Å². The Morgan fingerprint density at radius 3 is 2.68 bits per heavy atom. The first kappa shape index (κ1) is 17.7. The molecule has 2 aromatic heterocycles. The van der Waals surface area contributed by atoms with Crippen LogP contribution in [0.4, 0.5) is 0 Å². The molecule has 7 heteroatoms. The van der Waals surface area contributed by atoms with Gasteiger partial charge in [-0.3, -0.25) is 14.2 Å². The van der Waals surface area contributed by atoms with Gasteiger partial charge in [0.25, 0.3) is 5.56 Å². The second kappa shape index (κ2) is 7.41. The van der Waals surface area contributed by atoms with Crippen molar-refractivity contribution in [2.75, 3.05) is 5.75 Å². The average molecular weight is 374 g/mol. The van der Waals surface area contributed by atoms with Gasteiger partial charge in [0.05, 0.1) is 11.3 Å². The number of nitrogens with zero attached hydrogens (tertiary/aromatic N) is 2. The highest BCUT2D eigenvalue weighted by Gasteiger charge is 2.16. The molecule has 0 saturated carbocycles. The molecule has 1 N–H and O–H groups in total. The van der Waals surface area contributed by atoms with Gasteiger partial charge in [0, 0.05) is 11.4 Å². The first-order valence-electron chi connectivity index (χ1n) is 7.95. The standard InChI is InChI=1S/C18H18N2O3S2/c1-3-8-20-17(23)16-13(19-18(20)24-10-15(21)22)9-14(25-16)12-6-4-11(2)5-7-12/h4-7,9H,3,8,10H2,1-2H3,(H,21,22). The Labute approximate surface area is 153 Å². The fourth-order valence-electron chi connectivity index (χ4n) is 2.51. The van der Waals surface area contributed by atoms with E-state index in [2.05, 4.69) is 4.98 Å². The van der Waals surface area contributed by atoms with Crippen molar-refractivity contribution in [3.63, 3.8) is 0 Å². The highest BCUT2D eigenvalue weighted by atomic mass is 32.2. The predicted octanol–water partition coefficient (Wildman–Crippen LogP) is 4.02. The maximum absolute atomic E-state index is 12.9. The minimum atomic E-state index is -0.923. The van der Waals surface area contributed by atoms with Gasteiger partial charge in [-0.1, -0.05) is 48.5 Å². The normalized spacial score (nSPS) is 11.1. The summed E-state index contributed by atoms with van der Waals surface area (Å²) in [7, 11) is 0. The van der Waals surface area contributed by atoms with E-state index in [-0.39, 0.29) is 11.3 Å². The summed E-state index contributed by atoms with van der Waals surface area (Å²) >= 11 is 2.52. The smallest absolute Gasteiger partial charge is 0.313 e. The van der Waals surface area contributed by atoms with Crippen molar-refractivity contribution in [1.29, 1.82) is 0 Å². The third-order valence-corrected chi connectivity index (χ3v) is 5.83. The molecule has 0 spiro atoms. The molecule has 0 atom stereocenters. The third kappa shape index (κ3) is 3.77. The molecule has 0 aliphatic heterocycles. The van der Waals surface area contributed by atoms with Gasteiger partial charge in [-0.2, -0.15) is 0 Å². The Morgan fingerprint density at radius 2 is 2.04 bits per heavy atom. The maximum Gasteiger partial charge on any atom is 0.313 e. The van der Waals surface area contributed by atoms with E-state index in [9.17, 15) is 9.59 Å². The van der Waals surface area contributed by atoms with Crippen molar-refractivity contribution < 1.29 is 9.90 Å². The van der Waals surface area contributed by atoms with Crippen LogP contribution in [-0.4, -0.2) is 26.4 Å². The molecule has 2 heterocycles. The van der Waals surface area contributed by atoms with Gasteiger partial charge in [0.15, 0.2) is 5.16 Å². The number of aryl methyl sites for hydroxylation is 1. The van der Waals surface area contributed by atoms with E-state index in [1.807, 2.05) is 44.2 Å². The summed E-state index contributed by atoms with van der Waals surface area (Å²) in [6, 6.07) is 10.1. The van der Waals surface area contributed by atoms with Crippen LogP contribution in [0.25, 0.3) is 20.7 Å². The van der Waals surface area contributed by atoms with Crippen LogP contribution in [0.15, 0.2) is 40.3 Å². The van der Waals surface area contributed by atoms with Crippen molar-refractivity contribution in [2.45, 2.75) is 32.0 Å². The van der Waals surface area contributed by atoms with E-state index < -0.39 is 5.97 Å². The number of aliphatic carboxylic acids is 1. The van der Waals surface area contributed by atoms with Crippen molar-refractivity contribution in [1.82, 2.24) is 9.55 Å². The quantitative estimate of drug-likeness (QED) is 0.521. The van der Waals surface area contributed by atoms with Gasteiger partial charge in [-0.25, -0.2) is 4.98 Å². The van der Waals surface area contributed by atoms with Crippen molar-refractivity contribution in [3.8, 4) is 10.4 Å². The molecule has 3 aromatic rings. The molecule has 0 bridgehead atoms. The van der Waals surface area contributed by atoms with Gasteiger partial charge >= 0.3 is 5.97 Å². The summed E-state index contributed by atoms with van der Waals surface area (Å²) < 4.78 is 2.20. The first-order valence-corrected chi connectivity index (χ1v) is 9.76. The molecule has 5 nitrogen and oxygen atoms in total. The van der Waals surface area contributed by atoms with E-state index >= 15 is 0 Å². The van der Waals surface area contributed by atoms with Crippen LogP contribution in [0.1, 0.15) is 18.9 Å². The van der Waals surface area contributed by atoms with Gasteiger partial charge in [-0.15, -0.1) is 11.3 Å². The summed E-state index contributed by atoms with van der Waals surface area (Å²) in [5.74, 6) is -1.04. The van der Waals surface area contributed by atoms with Crippen molar-refractivity contribution in [2.24, 2.45) is 0 Å². The monoisotopic (exact) mass is 374 g/mol. The van der Waals surface area contributed by atoms with Crippen molar-refractivity contribution >= 4 is 39.3 Å². The summed E-state index contributed by atoms with van der Waals surface area (Å²) in [6.07, 6.45) is 0.782. The second-order valence-electron chi connectivity index (χ2n) is 5.72. The SMILES string of the molecule is CCCn1c(SCC(=O)O)nc2cc(-c3ccc(C)cc3)sc2c1=O. The average Bonchev–Trinajstić information content (AvgIpc) is 3.01. The summed E-state index contributed by atoms with van der Waals surface area (Å²) in [5, 5.41) is 9.39. The van der Waals surface area contributed by atoms with Crippen molar-refractivity contribution in [3.05, 3.63) is 46.2 Å². The maximum atomic E-state index is 12.9. The molecule has 0 radical (unpaired) electrons. The molecule has 3 rings (SSSR count). The Bertz CT molecular complexity index is 974. The lowest BCUT2D eigenvalue weighted by Crippen LogP contribution is -2.22. The second-order valence-corrected chi connectivity index (χ2v) is 7.72. The summed E-state index contributed by atoms with van der Waals surface area (Å²) in [6.45, 7) is 4.54. The highest BCUT2D eigenvalue weighted by Crippen LogP contribution is 2.32. The molecule has 0 saturated heterocycles. The fraction of sp³-hybridized carbons (Fsp3) is 0.278. The summed E-state index contributed by atoms with van der Waals surface area (Å²) in [5.41, 5.74) is 2.77. The van der Waals surface area contributed by atoms with Gasteiger partial charge in [0.1, 0.15) is 4.70 Å². The number of carbonyl (C=O) groups is 1. The fourth-order valence-corrected chi connectivity index (χ4v) is 4.30. The number of fused-ring (bicyclic) bond motifs is 1. The topological polar surface area (TPSA) is 72.2 Å². The van der Waals surface area contributed by atoms with E-state index in [0.29, 0.717) is 21.9 Å². The molecule has 0 amide bonds. The molecular weight excluding hydrogens is 356 g/mol. The number of rotatable bonds is 6. The lowest BCUT2D eigenvalue weighted by molar-refractivity contribution is -0.133. The number of benzene rings is 1. The number of carboxylic acids is 1. The van der Waals surface area contributed by atoms with Gasteiger partial charge in [0.2, 0.25) is 0 Å². The molecule has 25 heavy (non-hydrogen) atoms. The van der Waals surface area contributed by atoms with Gasteiger partial charge < -0.3 is 5.11 Å². The third-order valence-electron chi connectivity index (χ3n) is 3.71. The number of carboxylic acid groups (broad SMARTS) is 1. The zero-order valence-electron chi connectivity index (χ0n) is 14.0. The number of hydrogen-bond acceptors (Lipinski definition) is 5. The van der Waals surface area contributed by atoms with Crippen LogP contribution in [0, 0.1) is 6.92 Å². The van der Waals surface area contributed by atoms with Crippen LogP contribution in [-0.2, 0) is 11.3 Å². The minimum Gasteiger partial charge on any atom is -0.481 e. The van der Waals surface area contributed by atoms with Crippen LogP contribution in [0.3, 0.4) is 0 Å². The largest absolute Gasteiger partial charge is 0.481 e. The minimum absolute atomic E-state index is 0.0944. The number of hydrogen-bond donors (Lipinski definition) is 1. The van der Waals surface area contributed by atoms with Crippen LogP contribution in [0.5, 0.6) is 0 Å². The Balaban J connectivity index is 2.11. The van der Waals surface area contributed by atoms with Gasteiger partial charge in [-0.05, 0) is 25.0 Å². The van der Waals surface area contributed by atoms with E-state index in [0.717, 1.165) is 28.6 Å². The molecule has 130 valence electrons. The van der Waals surface area contributed by atoms with E-state index in [1.165, 1.54) is 16.9 Å². The van der Waals surface area contributed by atoms with Crippen LogP contribution in [0.2, 0.25) is 0 Å². The highest BCUT2D eigenvalue weighted by molar-refractivity contribution is 7.99. The Hall–Kier alpha value is -2.12. The number of thiophene rings is 1. The van der Waals surface area contributed by atoms with E-state index in [1.54, 1.807) is 4.57 Å². The number of thioether (sulfide) groups is 1.